The van der Waals surface area contributed by atoms with Crippen molar-refractivity contribution >= 4 is 17.1 Å². The maximum Gasteiger partial charge on any atom is 0.202 e. The van der Waals surface area contributed by atoms with Gasteiger partial charge >= 0.3 is 0 Å². The third-order valence-electron chi connectivity index (χ3n) is 4.64. The first kappa shape index (κ1) is 13.5. The number of fused-ring (bicyclic) bond motifs is 1. The Kier molecular flexibility index (Phi) is 3.44. The van der Waals surface area contributed by atoms with Crippen LogP contribution in [0.3, 0.4) is 0 Å². The number of aryl methyl sites for hydroxylation is 2. The molecule has 1 aliphatic carbocycles. The first-order valence-electron chi connectivity index (χ1n) is 7.77. The highest BCUT2D eigenvalue weighted by Gasteiger charge is 2.23. The summed E-state index contributed by atoms with van der Waals surface area (Å²) in [6.07, 6.45) is 6.22. The minimum Gasteiger partial charge on any atom is -0.369 e. The van der Waals surface area contributed by atoms with E-state index in [9.17, 15) is 0 Å². The zero-order valence-corrected chi connectivity index (χ0v) is 12.8. The molecule has 2 aromatic rings. The molecule has 20 heavy (non-hydrogen) atoms. The third-order valence-corrected chi connectivity index (χ3v) is 4.64. The van der Waals surface area contributed by atoms with Gasteiger partial charge in [0, 0.05) is 13.6 Å². The van der Waals surface area contributed by atoms with Crippen LogP contribution in [0.25, 0.3) is 11.2 Å². The fourth-order valence-electron chi connectivity index (χ4n) is 3.66. The summed E-state index contributed by atoms with van der Waals surface area (Å²) in [5.74, 6) is 2.20. The molecular formula is C15H25N5. The summed E-state index contributed by atoms with van der Waals surface area (Å²) in [5, 5.41) is 4.56. The minimum absolute atomic E-state index is 0.640. The largest absolute Gasteiger partial charge is 0.369 e. The van der Waals surface area contributed by atoms with E-state index in [0.29, 0.717) is 5.95 Å². The summed E-state index contributed by atoms with van der Waals surface area (Å²) < 4.78 is 4.11. The molecule has 2 aromatic heterocycles. The molecule has 3 rings (SSSR count). The summed E-state index contributed by atoms with van der Waals surface area (Å²) >= 11 is 0. The van der Waals surface area contributed by atoms with Crippen LogP contribution in [0.5, 0.6) is 0 Å². The topological polar surface area (TPSA) is 61.7 Å². The van der Waals surface area contributed by atoms with Crippen molar-refractivity contribution in [1.29, 1.82) is 0 Å². The van der Waals surface area contributed by atoms with Crippen LogP contribution in [0.4, 0.5) is 5.95 Å². The van der Waals surface area contributed by atoms with Gasteiger partial charge in [0.1, 0.15) is 5.52 Å². The van der Waals surface area contributed by atoms with Crippen molar-refractivity contribution in [3.05, 3.63) is 5.69 Å². The number of nitrogen functional groups attached to an aromatic ring is 1. The van der Waals surface area contributed by atoms with Gasteiger partial charge in [0.2, 0.25) is 5.95 Å². The summed E-state index contributed by atoms with van der Waals surface area (Å²) in [6.45, 7) is 5.45. The maximum atomic E-state index is 6.15. The molecule has 0 bridgehead atoms. The normalized spacial score (nSPS) is 23.6. The molecule has 2 heterocycles. The number of nitrogens with zero attached hydrogens (tertiary/aromatic N) is 4. The van der Waals surface area contributed by atoms with Crippen LogP contribution < -0.4 is 5.73 Å². The average molecular weight is 275 g/mol. The first-order chi connectivity index (χ1) is 9.60. The van der Waals surface area contributed by atoms with Crippen LogP contribution in [-0.2, 0) is 20.0 Å². The lowest BCUT2D eigenvalue weighted by atomic mass is 9.82. The second-order valence-electron chi connectivity index (χ2n) is 6.31. The van der Waals surface area contributed by atoms with Crippen LogP contribution in [0.2, 0.25) is 0 Å². The van der Waals surface area contributed by atoms with Gasteiger partial charge in [-0.3, -0.25) is 9.25 Å². The Labute approximate surface area is 120 Å². The summed E-state index contributed by atoms with van der Waals surface area (Å²) in [4.78, 5) is 4.55. The number of aromatic nitrogens is 4. The molecule has 1 fully saturated rings. The van der Waals surface area contributed by atoms with Crippen molar-refractivity contribution in [1.82, 2.24) is 19.3 Å². The van der Waals surface area contributed by atoms with Crippen molar-refractivity contribution in [2.45, 2.75) is 52.5 Å². The molecule has 5 heteroatoms. The van der Waals surface area contributed by atoms with Gasteiger partial charge in [-0.05, 0) is 31.1 Å². The SMILES string of the molecule is CCc1nn(C)c2c1nc(N)n2CC1CCCC(C)C1. The van der Waals surface area contributed by atoms with Crippen molar-refractivity contribution in [3.63, 3.8) is 0 Å². The Morgan fingerprint density at radius 2 is 2.15 bits per heavy atom. The molecule has 0 radical (unpaired) electrons. The average Bonchev–Trinajstić information content (AvgIpc) is 2.88. The molecule has 2 unspecified atom stereocenters. The van der Waals surface area contributed by atoms with E-state index in [1.54, 1.807) is 0 Å². The van der Waals surface area contributed by atoms with Gasteiger partial charge in [-0.2, -0.15) is 5.10 Å². The molecule has 5 nitrogen and oxygen atoms in total. The van der Waals surface area contributed by atoms with Crippen LogP contribution in [0.1, 0.15) is 45.2 Å². The van der Waals surface area contributed by atoms with E-state index in [1.165, 1.54) is 25.7 Å². The lowest BCUT2D eigenvalue weighted by molar-refractivity contribution is 0.259. The highest BCUT2D eigenvalue weighted by atomic mass is 15.3. The second kappa shape index (κ2) is 5.11. The lowest BCUT2D eigenvalue weighted by Crippen LogP contribution is -2.20. The number of hydrogen-bond donors (Lipinski definition) is 1. The molecule has 0 aromatic carbocycles. The van der Waals surface area contributed by atoms with E-state index in [2.05, 4.69) is 28.5 Å². The molecule has 1 saturated carbocycles. The van der Waals surface area contributed by atoms with Crippen LogP contribution in [-0.4, -0.2) is 19.3 Å². The van der Waals surface area contributed by atoms with Crippen molar-refractivity contribution < 1.29 is 0 Å². The van der Waals surface area contributed by atoms with E-state index < -0.39 is 0 Å². The fraction of sp³-hybridized carbons (Fsp3) is 0.733. The third kappa shape index (κ3) is 2.19. The molecule has 0 aliphatic heterocycles. The molecule has 0 spiro atoms. The van der Waals surface area contributed by atoms with Crippen molar-refractivity contribution in [2.24, 2.45) is 18.9 Å². The van der Waals surface area contributed by atoms with Gasteiger partial charge < -0.3 is 5.73 Å². The highest BCUT2D eigenvalue weighted by Crippen LogP contribution is 2.31. The monoisotopic (exact) mass is 275 g/mol. The lowest BCUT2D eigenvalue weighted by Gasteiger charge is -2.27. The van der Waals surface area contributed by atoms with Crippen LogP contribution >= 0.6 is 0 Å². The van der Waals surface area contributed by atoms with Gasteiger partial charge in [0.15, 0.2) is 5.65 Å². The zero-order valence-electron chi connectivity index (χ0n) is 12.8. The Morgan fingerprint density at radius 3 is 2.85 bits per heavy atom. The molecule has 0 saturated heterocycles. The summed E-state index contributed by atoms with van der Waals surface area (Å²) in [6, 6.07) is 0. The molecular weight excluding hydrogens is 250 g/mol. The molecule has 0 amide bonds. The molecule has 110 valence electrons. The van der Waals surface area contributed by atoms with Crippen LogP contribution in [0, 0.1) is 11.8 Å². The van der Waals surface area contributed by atoms with Gasteiger partial charge in [0.25, 0.3) is 0 Å². The number of anilines is 1. The van der Waals surface area contributed by atoms with E-state index in [-0.39, 0.29) is 0 Å². The van der Waals surface area contributed by atoms with Crippen LogP contribution in [0.15, 0.2) is 0 Å². The number of nitrogens with two attached hydrogens (primary N) is 1. The smallest absolute Gasteiger partial charge is 0.202 e. The Balaban J connectivity index is 1.94. The number of rotatable bonds is 3. The standard InChI is InChI=1S/C15H25N5/c1-4-12-13-14(19(3)18-12)20(15(16)17-13)9-11-7-5-6-10(2)8-11/h10-11H,4-9H2,1-3H3,(H2,16,17). The van der Waals surface area contributed by atoms with E-state index in [4.69, 9.17) is 5.73 Å². The minimum atomic E-state index is 0.640. The fourth-order valence-corrected chi connectivity index (χ4v) is 3.66. The summed E-state index contributed by atoms with van der Waals surface area (Å²) in [5.41, 5.74) is 9.26. The predicted molar refractivity (Wildman–Crippen MR) is 81.4 cm³/mol. The molecule has 2 N–H and O–H groups in total. The first-order valence-corrected chi connectivity index (χ1v) is 7.77. The zero-order chi connectivity index (χ0) is 14.3. The van der Waals surface area contributed by atoms with E-state index in [1.807, 2.05) is 11.7 Å². The van der Waals surface area contributed by atoms with Gasteiger partial charge in [-0.25, -0.2) is 4.98 Å². The van der Waals surface area contributed by atoms with Gasteiger partial charge in [0.05, 0.1) is 5.69 Å². The summed E-state index contributed by atoms with van der Waals surface area (Å²) in [7, 11) is 1.99. The van der Waals surface area contributed by atoms with Gasteiger partial charge in [-0.15, -0.1) is 0 Å². The van der Waals surface area contributed by atoms with Crippen molar-refractivity contribution in [2.75, 3.05) is 5.73 Å². The number of hydrogen-bond acceptors (Lipinski definition) is 3. The maximum absolute atomic E-state index is 6.15. The predicted octanol–water partition coefficient (Wildman–Crippen LogP) is 2.74. The molecule has 1 aliphatic rings. The highest BCUT2D eigenvalue weighted by molar-refractivity contribution is 5.77. The molecule has 2 atom stereocenters. The quantitative estimate of drug-likeness (QED) is 0.937. The van der Waals surface area contributed by atoms with E-state index >= 15 is 0 Å². The number of imidazole rings is 1. The second-order valence-corrected chi connectivity index (χ2v) is 6.31. The Hall–Kier alpha value is -1.52. The Bertz CT molecular complexity index is 609. The van der Waals surface area contributed by atoms with Gasteiger partial charge in [-0.1, -0.05) is 26.7 Å². The Morgan fingerprint density at radius 1 is 1.35 bits per heavy atom. The van der Waals surface area contributed by atoms with E-state index in [0.717, 1.165) is 41.7 Å². The van der Waals surface area contributed by atoms with Crippen molar-refractivity contribution in [3.8, 4) is 0 Å².